The maximum Gasteiger partial charge on any atom is 0.228 e. The summed E-state index contributed by atoms with van der Waals surface area (Å²) in [5.41, 5.74) is 4.58. The summed E-state index contributed by atoms with van der Waals surface area (Å²) >= 11 is 0. The molecule has 4 aromatic rings. The summed E-state index contributed by atoms with van der Waals surface area (Å²) in [6.45, 7) is 2.01. The fraction of sp³-hybridized carbons (Fsp3) is 0.0870. The van der Waals surface area contributed by atoms with Gasteiger partial charge in [0.05, 0.1) is 29.5 Å². The molecule has 28 heavy (non-hydrogen) atoms. The molecule has 2 aromatic heterocycles. The lowest BCUT2D eigenvalue weighted by molar-refractivity contribution is -0.115. The van der Waals surface area contributed by atoms with E-state index in [1.807, 2.05) is 73.7 Å². The molecule has 5 nitrogen and oxygen atoms in total. The van der Waals surface area contributed by atoms with E-state index in [-0.39, 0.29) is 5.91 Å². The lowest BCUT2D eigenvalue weighted by Gasteiger charge is -2.10. The van der Waals surface area contributed by atoms with E-state index in [1.165, 1.54) is 0 Å². The van der Waals surface area contributed by atoms with Crippen LogP contribution in [-0.2, 0) is 11.2 Å². The van der Waals surface area contributed by atoms with Crippen molar-refractivity contribution >= 4 is 34.0 Å². The Morgan fingerprint density at radius 3 is 2.61 bits per heavy atom. The first-order valence-electron chi connectivity index (χ1n) is 9.10. The van der Waals surface area contributed by atoms with Crippen molar-refractivity contribution in [3.8, 4) is 0 Å². The number of para-hydroxylation sites is 1. The summed E-state index contributed by atoms with van der Waals surface area (Å²) in [4.78, 5) is 21.1. The maximum absolute atomic E-state index is 12.3. The number of hydrogen-bond donors (Lipinski definition) is 2. The Labute approximate surface area is 163 Å². The first-order valence-corrected chi connectivity index (χ1v) is 9.10. The fourth-order valence-corrected chi connectivity index (χ4v) is 3.07. The van der Waals surface area contributed by atoms with Crippen LogP contribution < -0.4 is 10.6 Å². The van der Waals surface area contributed by atoms with Gasteiger partial charge >= 0.3 is 0 Å². The Balaban J connectivity index is 1.44. The number of nitrogens with zero attached hydrogens (tertiary/aromatic N) is 2. The molecule has 0 spiro atoms. The molecule has 2 N–H and O–H groups in total. The van der Waals surface area contributed by atoms with Crippen LogP contribution in [0.25, 0.3) is 10.9 Å². The Hall–Kier alpha value is -3.73. The second-order valence-electron chi connectivity index (χ2n) is 6.59. The van der Waals surface area contributed by atoms with Crippen molar-refractivity contribution in [2.24, 2.45) is 0 Å². The van der Waals surface area contributed by atoms with Crippen molar-refractivity contribution in [3.63, 3.8) is 0 Å². The number of benzene rings is 2. The average Bonchev–Trinajstić information content (AvgIpc) is 2.71. The van der Waals surface area contributed by atoms with Gasteiger partial charge in [0.1, 0.15) is 5.82 Å². The summed E-state index contributed by atoms with van der Waals surface area (Å²) < 4.78 is 0. The SMILES string of the molecule is Cc1ccccc1CC(=O)Nc1ccc(Nc2cccc3cccnc23)nc1. The van der Waals surface area contributed by atoms with E-state index in [0.29, 0.717) is 17.9 Å². The van der Waals surface area contributed by atoms with Crippen LogP contribution in [-0.4, -0.2) is 15.9 Å². The van der Waals surface area contributed by atoms with Crippen LogP contribution >= 0.6 is 0 Å². The van der Waals surface area contributed by atoms with E-state index in [0.717, 1.165) is 27.7 Å². The van der Waals surface area contributed by atoms with Crippen LogP contribution in [0, 0.1) is 6.92 Å². The van der Waals surface area contributed by atoms with Gasteiger partial charge in [-0.3, -0.25) is 9.78 Å². The third kappa shape index (κ3) is 3.99. The van der Waals surface area contributed by atoms with Crippen molar-refractivity contribution < 1.29 is 4.79 Å². The maximum atomic E-state index is 12.3. The molecule has 0 unspecified atom stereocenters. The minimum absolute atomic E-state index is 0.0601. The second-order valence-corrected chi connectivity index (χ2v) is 6.59. The number of pyridine rings is 2. The summed E-state index contributed by atoms with van der Waals surface area (Å²) in [6, 6.07) is 21.5. The zero-order valence-electron chi connectivity index (χ0n) is 15.5. The van der Waals surface area contributed by atoms with E-state index in [9.17, 15) is 4.79 Å². The van der Waals surface area contributed by atoms with Crippen LogP contribution in [0.15, 0.2) is 79.1 Å². The third-order valence-corrected chi connectivity index (χ3v) is 4.55. The lowest BCUT2D eigenvalue weighted by atomic mass is 10.1. The van der Waals surface area contributed by atoms with Gasteiger partial charge in [0, 0.05) is 11.6 Å². The molecule has 1 amide bonds. The number of aromatic nitrogens is 2. The van der Waals surface area contributed by atoms with Gasteiger partial charge in [-0.2, -0.15) is 0 Å². The zero-order chi connectivity index (χ0) is 19.3. The summed E-state index contributed by atoms with van der Waals surface area (Å²) in [5.74, 6) is 0.630. The molecule has 0 bridgehead atoms. The molecule has 0 aliphatic heterocycles. The standard InChI is InChI=1S/C23H20N4O/c1-16-6-2-3-7-18(16)14-22(28)26-19-11-12-21(25-15-19)27-20-10-4-8-17-9-5-13-24-23(17)20/h2-13,15H,14H2,1H3,(H,25,27)(H,26,28). The van der Waals surface area contributed by atoms with Crippen molar-refractivity contribution in [1.29, 1.82) is 0 Å². The molecule has 2 heterocycles. The summed E-state index contributed by atoms with van der Waals surface area (Å²) in [5, 5.41) is 7.25. The van der Waals surface area contributed by atoms with Crippen molar-refractivity contribution in [2.45, 2.75) is 13.3 Å². The first-order chi connectivity index (χ1) is 13.7. The fourth-order valence-electron chi connectivity index (χ4n) is 3.07. The van der Waals surface area contributed by atoms with Crippen LogP contribution in [0.5, 0.6) is 0 Å². The topological polar surface area (TPSA) is 66.9 Å². The molecule has 0 aliphatic carbocycles. The highest BCUT2D eigenvalue weighted by molar-refractivity contribution is 5.93. The molecular formula is C23H20N4O. The highest BCUT2D eigenvalue weighted by Crippen LogP contribution is 2.24. The predicted octanol–water partition coefficient (Wildman–Crippen LogP) is 4.86. The van der Waals surface area contributed by atoms with Gasteiger partial charge in [0.15, 0.2) is 0 Å². The van der Waals surface area contributed by atoms with Gasteiger partial charge in [-0.1, -0.05) is 42.5 Å². The van der Waals surface area contributed by atoms with Crippen LogP contribution in [0.2, 0.25) is 0 Å². The molecule has 2 aromatic carbocycles. The lowest BCUT2D eigenvalue weighted by Crippen LogP contribution is -2.15. The number of carbonyl (C=O) groups excluding carboxylic acids is 1. The van der Waals surface area contributed by atoms with Crippen LogP contribution in [0.1, 0.15) is 11.1 Å². The largest absolute Gasteiger partial charge is 0.338 e. The number of hydrogen-bond acceptors (Lipinski definition) is 4. The van der Waals surface area contributed by atoms with Gasteiger partial charge < -0.3 is 10.6 Å². The monoisotopic (exact) mass is 368 g/mol. The molecule has 0 radical (unpaired) electrons. The zero-order valence-corrected chi connectivity index (χ0v) is 15.5. The molecule has 0 fully saturated rings. The molecule has 0 atom stereocenters. The molecule has 0 aliphatic rings. The third-order valence-electron chi connectivity index (χ3n) is 4.55. The highest BCUT2D eigenvalue weighted by Gasteiger charge is 2.07. The number of carbonyl (C=O) groups is 1. The van der Waals surface area contributed by atoms with Crippen LogP contribution in [0.3, 0.4) is 0 Å². The van der Waals surface area contributed by atoms with Crippen molar-refractivity contribution in [3.05, 3.63) is 90.3 Å². The second kappa shape index (κ2) is 7.88. The Kier molecular flexibility index (Phi) is 4.97. The molecule has 138 valence electrons. The highest BCUT2D eigenvalue weighted by atomic mass is 16.1. The van der Waals surface area contributed by atoms with Crippen molar-refractivity contribution in [1.82, 2.24) is 9.97 Å². The molecule has 4 rings (SSSR count). The number of nitrogens with one attached hydrogen (secondary N) is 2. The van der Waals surface area contributed by atoms with Crippen molar-refractivity contribution in [2.75, 3.05) is 10.6 Å². The quantitative estimate of drug-likeness (QED) is 0.528. The molecule has 0 saturated carbocycles. The smallest absolute Gasteiger partial charge is 0.228 e. The first kappa shape index (κ1) is 17.7. The number of fused-ring (bicyclic) bond motifs is 1. The molecule has 5 heteroatoms. The van der Waals surface area contributed by atoms with E-state index in [4.69, 9.17) is 0 Å². The van der Waals surface area contributed by atoms with E-state index in [2.05, 4.69) is 20.6 Å². The van der Waals surface area contributed by atoms with Gasteiger partial charge in [-0.25, -0.2) is 4.98 Å². The summed E-state index contributed by atoms with van der Waals surface area (Å²) in [6.07, 6.45) is 3.76. The average molecular weight is 368 g/mol. The van der Waals surface area contributed by atoms with Gasteiger partial charge in [-0.05, 0) is 42.3 Å². The van der Waals surface area contributed by atoms with Gasteiger partial charge in [-0.15, -0.1) is 0 Å². The Morgan fingerprint density at radius 2 is 1.79 bits per heavy atom. The van der Waals surface area contributed by atoms with Crippen LogP contribution in [0.4, 0.5) is 17.2 Å². The normalized spacial score (nSPS) is 10.6. The Morgan fingerprint density at radius 1 is 0.929 bits per heavy atom. The molecule has 0 saturated heterocycles. The van der Waals surface area contributed by atoms with Gasteiger partial charge in [0.2, 0.25) is 5.91 Å². The minimum atomic E-state index is -0.0601. The number of amides is 1. The number of rotatable bonds is 5. The van der Waals surface area contributed by atoms with Gasteiger partial charge in [0.25, 0.3) is 0 Å². The molecular weight excluding hydrogens is 348 g/mol. The van der Waals surface area contributed by atoms with E-state index >= 15 is 0 Å². The number of anilines is 3. The Bertz CT molecular complexity index is 1120. The predicted molar refractivity (Wildman–Crippen MR) is 113 cm³/mol. The van der Waals surface area contributed by atoms with E-state index < -0.39 is 0 Å². The summed E-state index contributed by atoms with van der Waals surface area (Å²) in [7, 11) is 0. The number of aryl methyl sites for hydroxylation is 1. The minimum Gasteiger partial charge on any atom is -0.338 e. The van der Waals surface area contributed by atoms with E-state index in [1.54, 1.807) is 12.4 Å².